The van der Waals surface area contributed by atoms with Crippen LogP contribution in [0.5, 0.6) is 0 Å². The molecule has 1 aromatic carbocycles. The molecule has 2 rings (SSSR count). The van der Waals surface area contributed by atoms with Crippen molar-refractivity contribution in [2.75, 3.05) is 19.5 Å². The van der Waals surface area contributed by atoms with Crippen molar-refractivity contribution in [1.82, 2.24) is 9.97 Å². The largest absolute Gasteiger partial charge is 0.390 e. The molecule has 1 atom stereocenters. The zero-order valence-corrected chi connectivity index (χ0v) is 13.1. The Kier molecular flexibility index (Phi) is 5.10. The van der Waals surface area contributed by atoms with Crippen LogP contribution in [0.25, 0.3) is 10.9 Å². The van der Waals surface area contributed by atoms with Gasteiger partial charge in [-0.2, -0.15) is 0 Å². The third kappa shape index (κ3) is 3.49. The van der Waals surface area contributed by atoms with Crippen LogP contribution >= 0.6 is 23.4 Å². The van der Waals surface area contributed by atoms with Crippen LogP contribution in [0.2, 0.25) is 5.02 Å². The molecular weight excluding hydrogens is 316 g/mol. The molecule has 3 N–H and O–H groups in total. The molecule has 0 unspecified atom stereocenters. The van der Waals surface area contributed by atoms with E-state index in [4.69, 9.17) is 16.3 Å². The summed E-state index contributed by atoms with van der Waals surface area (Å²) in [6, 6.07) is 1.63. The minimum absolute atomic E-state index is 0.200. The number of nitrogens with one attached hydrogen (secondary N) is 2. The molecule has 0 aliphatic heterocycles. The third-order valence-electron chi connectivity index (χ3n) is 2.89. The molecule has 2 aromatic rings. The highest BCUT2D eigenvalue weighted by Gasteiger charge is 2.15. The van der Waals surface area contributed by atoms with Crippen LogP contribution in [0.4, 0.5) is 0 Å². The van der Waals surface area contributed by atoms with E-state index in [0.717, 1.165) is 5.56 Å². The number of H-pyrrole nitrogens is 2. The van der Waals surface area contributed by atoms with Crippen LogP contribution in [-0.2, 0) is 4.74 Å². The number of benzene rings is 1. The van der Waals surface area contributed by atoms with Gasteiger partial charge in [0.05, 0.1) is 33.5 Å². The monoisotopic (exact) mass is 330 g/mol. The molecule has 0 amide bonds. The van der Waals surface area contributed by atoms with Crippen molar-refractivity contribution in [3.63, 3.8) is 0 Å². The molecule has 0 fully saturated rings. The molecule has 21 heavy (non-hydrogen) atoms. The first-order chi connectivity index (χ1) is 9.93. The minimum Gasteiger partial charge on any atom is -0.390 e. The fraction of sp³-hybridized carbons (Fsp3) is 0.385. The second-order valence-corrected chi connectivity index (χ2v) is 6.00. The molecular formula is C13H15ClN2O4S. The Morgan fingerprint density at radius 1 is 1.43 bits per heavy atom. The van der Waals surface area contributed by atoms with Gasteiger partial charge in [0, 0.05) is 12.9 Å². The highest BCUT2D eigenvalue weighted by atomic mass is 35.5. The summed E-state index contributed by atoms with van der Waals surface area (Å²) in [7, 11) is 1.50. The Balaban J connectivity index is 2.52. The zero-order valence-electron chi connectivity index (χ0n) is 11.5. The maximum atomic E-state index is 11.9. The number of ether oxygens (including phenoxy) is 1. The number of fused-ring (bicyclic) bond motifs is 1. The summed E-state index contributed by atoms with van der Waals surface area (Å²) in [5.74, 6) is 0.334. The summed E-state index contributed by atoms with van der Waals surface area (Å²) >= 11 is 7.54. The Morgan fingerprint density at radius 2 is 2.14 bits per heavy atom. The van der Waals surface area contributed by atoms with Crippen molar-refractivity contribution in [3.8, 4) is 0 Å². The first-order valence-corrected chi connectivity index (χ1v) is 7.55. The molecule has 0 radical (unpaired) electrons. The molecule has 0 aliphatic carbocycles. The van der Waals surface area contributed by atoms with E-state index in [-0.39, 0.29) is 6.61 Å². The van der Waals surface area contributed by atoms with E-state index in [1.807, 2.05) is 0 Å². The molecule has 114 valence electrons. The number of hydrogen-bond acceptors (Lipinski definition) is 5. The van der Waals surface area contributed by atoms with E-state index in [1.54, 1.807) is 13.0 Å². The van der Waals surface area contributed by atoms with Gasteiger partial charge in [-0.3, -0.25) is 9.78 Å². The van der Waals surface area contributed by atoms with Crippen LogP contribution in [0.3, 0.4) is 0 Å². The van der Waals surface area contributed by atoms with Crippen LogP contribution in [0, 0.1) is 6.92 Å². The van der Waals surface area contributed by atoms with E-state index in [1.165, 1.54) is 18.9 Å². The number of aromatic amines is 2. The van der Waals surface area contributed by atoms with Gasteiger partial charge in [-0.1, -0.05) is 11.6 Å². The average Bonchev–Trinajstić information content (AvgIpc) is 2.41. The van der Waals surface area contributed by atoms with E-state index in [0.29, 0.717) is 26.6 Å². The van der Waals surface area contributed by atoms with Crippen LogP contribution in [0.15, 0.2) is 20.6 Å². The van der Waals surface area contributed by atoms with Crippen molar-refractivity contribution in [3.05, 3.63) is 37.5 Å². The number of hydrogen-bond donors (Lipinski definition) is 3. The molecule has 0 saturated heterocycles. The molecule has 0 spiro atoms. The molecule has 0 aliphatic rings. The zero-order chi connectivity index (χ0) is 15.6. The van der Waals surface area contributed by atoms with E-state index >= 15 is 0 Å². The number of aromatic nitrogens is 2. The predicted octanol–water partition coefficient (Wildman–Crippen LogP) is 1.28. The highest BCUT2D eigenvalue weighted by Crippen LogP contribution is 2.35. The van der Waals surface area contributed by atoms with Crippen molar-refractivity contribution < 1.29 is 9.84 Å². The summed E-state index contributed by atoms with van der Waals surface area (Å²) in [4.78, 5) is 28.7. The Hall–Kier alpha value is -1.28. The van der Waals surface area contributed by atoms with E-state index in [9.17, 15) is 14.7 Å². The normalized spacial score (nSPS) is 12.8. The predicted molar refractivity (Wildman–Crippen MR) is 83.5 cm³/mol. The summed E-state index contributed by atoms with van der Waals surface area (Å²) in [5, 5.41) is 10.5. The minimum atomic E-state index is -0.666. The Morgan fingerprint density at radius 3 is 2.81 bits per heavy atom. The summed E-state index contributed by atoms with van der Waals surface area (Å²) in [6.07, 6.45) is -0.666. The van der Waals surface area contributed by atoms with Crippen molar-refractivity contribution in [2.24, 2.45) is 0 Å². The van der Waals surface area contributed by atoms with Gasteiger partial charge in [0.15, 0.2) is 0 Å². The van der Waals surface area contributed by atoms with E-state index in [2.05, 4.69) is 9.97 Å². The van der Waals surface area contributed by atoms with Crippen molar-refractivity contribution in [1.29, 1.82) is 0 Å². The van der Waals surface area contributed by atoms with Gasteiger partial charge < -0.3 is 14.8 Å². The number of aliphatic hydroxyl groups is 1. The Bertz CT molecular complexity index is 771. The maximum absolute atomic E-state index is 11.9. The third-order valence-corrected chi connectivity index (χ3v) is 4.74. The lowest BCUT2D eigenvalue weighted by Crippen LogP contribution is -2.22. The van der Waals surface area contributed by atoms with Crippen LogP contribution in [0.1, 0.15) is 5.56 Å². The lowest BCUT2D eigenvalue weighted by molar-refractivity contribution is 0.0794. The van der Waals surface area contributed by atoms with Gasteiger partial charge in [-0.15, -0.1) is 11.8 Å². The molecule has 1 heterocycles. The summed E-state index contributed by atoms with van der Waals surface area (Å²) < 4.78 is 4.86. The molecule has 0 bridgehead atoms. The average molecular weight is 331 g/mol. The van der Waals surface area contributed by atoms with Crippen LogP contribution in [-0.4, -0.2) is 40.6 Å². The van der Waals surface area contributed by atoms with Gasteiger partial charge >= 0.3 is 5.69 Å². The van der Waals surface area contributed by atoms with Crippen molar-refractivity contribution in [2.45, 2.75) is 17.9 Å². The highest BCUT2D eigenvalue weighted by molar-refractivity contribution is 7.99. The standard InChI is InChI=1S/C13H15ClN2O4S/c1-6-3-8-10(15-13(19)16-12(8)18)11(9(6)14)21-5-7(17)4-20-2/h3,7,17H,4-5H2,1-2H3,(H2,15,16,18,19)/t7-/m1/s1. The number of thioether (sulfide) groups is 1. The topological polar surface area (TPSA) is 95.2 Å². The number of aliphatic hydroxyl groups excluding tert-OH is 1. The maximum Gasteiger partial charge on any atom is 0.326 e. The first kappa shape index (κ1) is 16.1. The fourth-order valence-corrected chi connectivity index (χ4v) is 3.30. The Labute approximate surface area is 129 Å². The summed E-state index contributed by atoms with van der Waals surface area (Å²) in [6.45, 7) is 1.98. The molecule has 6 nitrogen and oxygen atoms in total. The molecule has 8 heteroatoms. The van der Waals surface area contributed by atoms with Gasteiger partial charge in [0.25, 0.3) is 5.56 Å². The van der Waals surface area contributed by atoms with Gasteiger partial charge in [0.1, 0.15) is 0 Å². The van der Waals surface area contributed by atoms with Gasteiger partial charge in [0.2, 0.25) is 0 Å². The van der Waals surface area contributed by atoms with Crippen LogP contribution < -0.4 is 11.2 Å². The fourth-order valence-electron chi connectivity index (χ4n) is 1.94. The second-order valence-electron chi connectivity index (χ2n) is 4.59. The lowest BCUT2D eigenvalue weighted by atomic mass is 10.1. The first-order valence-electron chi connectivity index (χ1n) is 6.19. The number of aryl methyl sites for hydroxylation is 1. The smallest absolute Gasteiger partial charge is 0.326 e. The number of halogens is 1. The van der Waals surface area contributed by atoms with Gasteiger partial charge in [-0.25, -0.2) is 4.79 Å². The molecule has 1 aromatic heterocycles. The summed E-state index contributed by atoms with van der Waals surface area (Å²) in [5.41, 5.74) is 0.0546. The lowest BCUT2D eigenvalue weighted by Gasteiger charge is -2.13. The number of rotatable bonds is 5. The molecule has 0 saturated carbocycles. The SMILES string of the molecule is COC[C@@H](O)CSc1c(Cl)c(C)cc2c(=O)[nH]c(=O)[nH]c12. The quantitative estimate of drug-likeness (QED) is 0.718. The van der Waals surface area contributed by atoms with Crippen molar-refractivity contribution >= 4 is 34.3 Å². The second kappa shape index (κ2) is 6.65. The van der Waals surface area contributed by atoms with E-state index < -0.39 is 17.4 Å². The van der Waals surface area contributed by atoms with Gasteiger partial charge in [-0.05, 0) is 18.6 Å². The number of methoxy groups -OCH3 is 1.